The first kappa shape index (κ1) is 30.7. The molecule has 0 aromatic rings. The molecule has 0 rings (SSSR count). The van der Waals surface area contributed by atoms with Crippen molar-refractivity contribution in [3.05, 3.63) is 16.0 Å². The Morgan fingerprint density at radius 2 is 0.692 bits per heavy atom. The molecule has 0 aliphatic heterocycles. The molecule has 13 heavy (non-hydrogen) atoms. The van der Waals surface area contributed by atoms with Crippen molar-refractivity contribution >= 4 is 0 Å². The van der Waals surface area contributed by atoms with Gasteiger partial charge >= 0.3 is 209 Å². The average Bonchev–Trinajstić information content (AvgIpc) is 1.20. The van der Waals surface area contributed by atoms with E-state index in [9.17, 15) is 21.6 Å². The van der Waals surface area contributed by atoms with Crippen LogP contribution >= 0.6 is 0 Å². The molecule has 0 aromatic heterocycles. The molecular formula is F6N3NiRb3-. The van der Waals surface area contributed by atoms with Gasteiger partial charge in [-0.25, -0.2) is 0 Å². The Balaban J connectivity index is -0.0000000320. The molecule has 0 saturated heterocycles. The van der Waals surface area contributed by atoms with Gasteiger partial charge in [-0.2, -0.15) is 0 Å². The van der Waals surface area contributed by atoms with E-state index in [4.69, 9.17) is 11.1 Å². The van der Waals surface area contributed by atoms with Crippen LogP contribution in [-0.4, -0.2) is 0 Å². The van der Waals surface area contributed by atoms with E-state index in [1.807, 2.05) is 0 Å². The Labute approximate surface area is 218 Å². The van der Waals surface area contributed by atoms with Crippen LogP contribution < -0.4 is 175 Å². The summed E-state index contributed by atoms with van der Waals surface area (Å²) < 4.78 is 59.1. The second kappa shape index (κ2) is 9.69. The van der Waals surface area contributed by atoms with Gasteiger partial charge in [0.2, 0.25) is 0 Å². The van der Waals surface area contributed by atoms with E-state index in [-0.39, 0.29) is 175 Å². The summed E-state index contributed by atoms with van der Waals surface area (Å²) in [7, 11) is 0. The molecule has 0 bridgehead atoms. The van der Waals surface area contributed by atoms with Crippen LogP contribution in [0.3, 0.4) is 0 Å². The van der Waals surface area contributed by atoms with Crippen LogP contribution in [0.1, 0.15) is 0 Å². The number of hydrogen-bond donors (Lipinski definition) is 0. The molecule has 0 aromatic carbocycles. The predicted octanol–water partition coefficient (Wildman–Crippen LogP) is -5.60. The van der Waals surface area contributed by atoms with Crippen molar-refractivity contribution in [1.29, 1.82) is 0 Å². The van der Waals surface area contributed by atoms with Gasteiger partial charge in [0, 0.05) is 0 Å². The standard InChI is InChI=1S/6FH.N3.Ni.3Rb/c;;;;;;1-3-2;;;;/h6*1H;;;;;/q;;;;;;-1;+3;3*+1/p-6. The molecule has 13 heteroatoms. The normalized spacial score (nSPS) is 13.1. The van der Waals surface area contributed by atoms with Gasteiger partial charge in [-0.1, -0.05) is 0 Å². The Kier molecular flexibility index (Phi) is 22.9. The van der Waals surface area contributed by atoms with Crippen LogP contribution in [0.2, 0.25) is 0 Å². The minimum absolute atomic E-state index is 0. The van der Waals surface area contributed by atoms with Crippen molar-refractivity contribution in [2.75, 3.05) is 0 Å². The first-order valence-corrected chi connectivity index (χ1v) is 3.36. The van der Waals surface area contributed by atoms with E-state index in [0.29, 0.717) is 0 Å². The maximum absolute atomic E-state index is 10.5. The van der Waals surface area contributed by atoms with Crippen LogP contribution in [0.4, 0.5) is 21.6 Å². The average molecular weight is 471 g/mol. The van der Waals surface area contributed by atoms with E-state index in [2.05, 4.69) is 0 Å². The molecular weight excluding hydrogens is 471 g/mol. The van der Waals surface area contributed by atoms with Gasteiger partial charge in [0.25, 0.3) is 0 Å². The second-order valence-corrected chi connectivity index (χ2v) is 2.88. The molecule has 0 fully saturated rings. The monoisotopic (exact) mass is 469 g/mol. The Morgan fingerprint density at radius 1 is 0.692 bits per heavy atom. The van der Waals surface area contributed by atoms with E-state index in [1.54, 1.807) is 0 Å². The SMILES string of the molecule is [F][Ni-3]([F])([F])([F])([F])[F].[N-]=[N+]=[N-].[Rb+].[Rb+].[Rb+]. The maximum Gasteiger partial charge on any atom is 1.00 e. The molecule has 0 amide bonds. The van der Waals surface area contributed by atoms with E-state index < -0.39 is 13.0 Å². The van der Waals surface area contributed by atoms with E-state index in [0.717, 1.165) is 0 Å². The summed E-state index contributed by atoms with van der Waals surface area (Å²) in [6.07, 6.45) is 0. The van der Waals surface area contributed by atoms with E-state index >= 15 is 0 Å². The fourth-order valence-corrected chi connectivity index (χ4v) is 0. The van der Waals surface area contributed by atoms with Crippen molar-refractivity contribution in [2.24, 2.45) is 0 Å². The van der Waals surface area contributed by atoms with Crippen molar-refractivity contribution < 1.29 is 209 Å². The maximum atomic E-state index is 9.85. The number of rotatable bonds is 0. The molecule has 71 valence electrons. The van der Waals surface area contributed by atoms with Gasteiger partial charge in [-0.3, -0.25) is 4.91 Å². The topological polar surface area (TPSA) is 58.7 Å². The van der Waals surface area contributed by atoms with Crippen LogP contribution in [0.5, 0.6) is 0 Å². The van der Waals surface area contributed by atoms with Gasteiger partial charge in [0.05, 0.1) is 0 Å². The molecule has 0 aliphatic carbocycles. The smallest absolute Gasteiger partial charge is 0.373 e. The Hall–Kier alpha value is 4.80. The number of hydrogen-bond acceptors (Lipinski definition) is 0. The minimum Gasteiger partial charge on any atom is -0.373 e. The predicted molar refractivity (Wildman–Crippen MR) is 16.7 cm³/mol. The Bertz CT molecular complexity index is 139. The molecule has 0 N–H and O–H groups in total. The molecule has 0 saturated carbocycles. The molecule has 3 nitrogen and oxygen atoms in total. The quantitative estimate of drug-likeness (QED) is 0.111. The summed E-state index contributed by atoms with van der Waals surface area (Å²) in [6.45, 7) is 0. The van der Waals surface area contributed by atoms with Gasteiger partial charge < -0.3 is 11.1 Å². The van der Waals surface area contributed by atoms with Gasteiger partial charge in [-0.15, -0.1) is 0 Å². The third-order valence-electron chi connectivity index (χ3n) is 0. The van der Waals surface area contributed by atoms with Gasteiger partial charge in [-0.05, 0) is 0 Å². The minimum atomic E-state index is -10.5. The Morgan fingerprint density at radius 3 is 0.692 bits per heavy atom. The van der Waals surface area contributed by atoms with Crippen LogP contribution in [-0.2, 0) is 13.0 Å². The van der Waals surface area contributed by atoms with Gasteiger partial charge in [0.1, 0.15) is 0 Å². The number of halogens is 6. The van der Waals surface area contributed by atoms with Crippen LogP contribution in [0.25, 0.3) is 16.0 Å². The first-order valence-electron chi connectivity index (χ1n) is 1.12. The largest absolute Gasteiger partial charge is 1.00 e. The number of nitrogens with zero attached hydrogens (tertiary/aromatic N) is 3. The van der Waals surface area contributed by atoms with Gasteiger partial charge in [0.15, 0.2) is 0 Å². The molecule has 0 heterocycles. The molecule has 0 atom stereocenters. The molecule has 0 aliphatic rings. The van der Waals surface area contributed by atoms with Crippen LogP contribution in [0, 0.1) is 0 Å². The molecule has 0 radical (unpaired) electrons. The zero-order valence-corrected chi connectivity index (χ0v) is 22.7. The van der Waals surface area contributed by atoms with Crippen LogP contribution in [0.15, 0.2) is 0 Å². The summed E-state index contributed by atoms with van der Waals surface area (Å²) in [6, 6.07) is 0. The van der Waals surface area contributed by atoms with Crippen molar-refractivity contribution in [3.63, 3.8) is 0 Å². The zero-order chi connectivity index (χ0) is 9.12. The fraction of sp³-hybridized carbons (Fsp3) is 0. The molecule has 0 spiro atoms. The summed E-state index contributed by atoms with van der Waals surface area (Å²) in [4.78, 5) is 1.50. The summed E-state index contributed by atoms with van der Waals surface area (Å²) >= 11 is -10.5. The third-order valence-corrected chi connectivity index (χ3v) is 0. The summed E-state index contributed by atoms with van der Waals surface area (Å²) in [5.41, 5.74) is 13.5. The summed E-state index contributed by atoms with van der Waals surface area (Å²) in [5.74, 6) is 0. The van der Waals surface area contributed by atoms with Crippen molar-refractivity contribution in [1.82, 2.24) is 0 Å². The fourth-order valence-electron chi connectivity index (χ4n) is 0. The molecule has 0 unspecified atom stereocenters. The third kappa shape index (κ3) is 160. The zero-order valence-electron chi connectivity index (χ0n) is 6.93. The first-order chi connectivity index (χ1) is 3.86. The van der Waals surface area contributed by atoms with Crippen molar-refractivity contribution in [2.45, 2.75) is 0 Å². The van der Waals surface area contributed by atoms with Crippen molar-refractivity contribution in [3.8, 4) is 0 Å². The van der Waals surface area contributed by atoms with E-state index in [1.165, 1.54) is 4.91 Å². The second-order valence-electron chi connectivity index (χ2n) is 0.767. The summed E-state index contributed by atoms with van der Waals surface area (Å²) in [5, 5.41) is 0.